The topological polar surface area (TPSA) is 46.5 Å². The normalized spacial score (nSPS) is 15.5. The first-order valence-electron chi connectivity index (χ1n) is 8.62. The molecule has 0 aromatic heterocycles. The lowest BCUT2D eigenvalue weighted by atomic mass is 10.1. The van der Waals surface area contributed by atoms with Crippen LogP contribution in [-0.4, -0.2) is 31.4 Å². The number of rotatable bonds is 8. The summed E-state index contributed by atoms with van der Waals surface area (Å²) >= 11 is 0. The second-order valence-electron chi connectivity index (χ2n) is 7.97. The zero-order valence-corrected chi connectivity index (χ0v) is 16.9. The van der Waals surface area contributed by atoms with Gasteiger partial charge in [0.1, 0.15) is 5.78 Å². The Balaban J connectivity index is 2.46. The molecular weight excluding hydrogens is 316 g/mol. The van der Waals surface area contributed by atoms with Crippen molar-refractivity contribution >= 4 is 20.2 Å². The molecule has 0 saturated heterocycles. The van der Waals surface area contributed by atoms with Crippen molar-refractivity contribution in [2.24, 2.45) is 0 Å². The number of hydrogen-bond donors (Lipinski definition) is 1. The molecule has 0 aliphatic rings. The minimum Gasteiger partial charge on any atom is -0.414 e. The van der Waals surface area contributed by atoms with Crippen LogP contribution >= 0.6 is 0 Å². The first-order valence-corrected chi connectivity index (χ1v) is 11.5. The lowest BCUT2D eigenvalue weighted by Gasteiger charge is -2.38. The van der Waals surface area contributed by atoms with Crippen LogP contribution in [0.1, 0.15) is 46.1 Å². The molecule has 24 heavy (non-hydrogen) atoms. The smallest absolute Gasteiger partial charge is 0.192 e. The molecule has 0 fully saturated rings. The molecule has 0 aliphatic carbocycles. The highest BCUT2D eigenvalue weighted by molar-refractivity contribution is 6.74. The van der Waals surface area contributed by atoms with E-state index in [1.54, 1.807) is 6.08 Å². The third kappa shape index (κ3) is 7.12. The van der Waals surface area contributed by atoms with E-state index in [0.717, 1.165) is 5.56 Å². The molecule has 2 atom stereocenters. The van der Waals surface area contributed by atoms with Gasteiger partial charge in [0, 0.05) is 18.9 Å². The van der Waals surface area contributed by atoms with Gasteiger partial charge in [-0.1, -0.05) is 63.3 Å². The van der Waals surface area contributed by atoms with Crippen molar-refractivity contribution in [2.75, 3.05) is 0 Å². The Hall–Kier alpha value is -1.23. The molecule has 1 N–H and O–H groups in total. The molecule has 1 rings (SSSR count). The monoisotopic (exact) mass is 348 g/mol. The number of aliphatic hydroxyl groups excluding tert-OH is 1. The van der Waals surface area contributed by atoms with Gasteiger partial charge in [0.15, 0.2) is 8.32 Å². The highest BCUT2D eigenvalue weighted by Gasteiger charge is 2.38. The maximum absolute atomic E-state index is 12.2. The van der Waals surface area contributed by atoms with Gasteiger partial charge >= 0.3 is 0 Å². The van der Waals surface area contributed by atoms with E-state index in [1.807, 2.05) is 43.3 Å². The van der Waals surface area contributed by atoms with Gasteiger partial charge < -0.3 is 9.53 Å². The molecular formula is C20H32O3Si. The van der Waals surface area contributed by atoms with E-state index in [0.29, 0.717) is 6.42 Å². The molecule has 0 radical (unpaired) electrons. The van der Waals surface area contributed by atoms with Crippen molar-refractivity contribution in [1.82, 2.24) is 0 Å². The molecule has 134 valence electrons. The fourth-order valence-electron chi connectivity index (χ4n) is 2.21. The Morgan fingerprint density at radius 3 is 2.33 bits per heavy atom. The van der Waals surface area contributed by atoms with Crippen LogP contribution in [0.25, 0.3) is 6.08 Å². The molecule has 0 amide bonds. The summed E-state index contributed by atoms with van der Waals surface area (Å²) in [5.41, 5.74) is 1.01. The summed E-state index contributed by atoms with van der Waals surface area (Å²) in [6.07, 6.45) is 3.14. The van der Waals surface area contributed by atoms with Gasteiger partial charge in [0.2, 0.25) is 0 Å². The van der Waals surface area contributed by atoms with Crippen molar-refractivity contribution in [3.8, 4) is 0 Å². The third-order valence-corrected chi connectivity index (χ3v) is 9.17. The van der Waals surface area contributed by atoms with Gasteiger partial charge in [-0.05, 0) is 30.6 Å². The van der Waals surface area contributed by atoms with Crippen LogP contribution in [0.5, 0.6) is 0 Å². The molecule has 3 nitrogen and oxygen atoms in total. The molecule has 0 heterocycles. The number of carbonyl (C=O) groups is 1. The fourth-order valence-corrected chi connectivity index (χ4v) is 3.66. The van der Waals surface area contributed by atoms with Gasteiger partial charge in [-0.2, -0.15) is 0 Å². The van der Waals surface area contributed by atoms with E-state index < -0.39 is 14.4 Å². The molecule has 0 bridgehead atoms. The van der Waals surface area contributed by atoms with Crippen LogP contribution in [0.15, 0.2) is 36.4 Å². The molecule has 1 aromatic carbocycles. The summed E-state index contributed by atoms with van der Waals surface area (Å²) in [4.78, 5) is 12.2. The Morgan fingerprint density at radius 2 is 1.79 bits per heavy atom. The minimum absolute atomic E-state index is 0.0337. The second-order valence-corrected chi connectivity index (χ2v) is 12.7. The first kappa shape index (κ1) is 20.8. The van der Waals surface area contributed by atoms with Crippen molar-refractivity contribution < 1.29 is 14.3 Å². The summed E-state index contributed by atoms with van der Waals surface area (Å²) in [5, 5.41) is 10.1. The Kier molecular flexibility index (Phi) is 7.58. The zero-order chi connectivity index (χ0) is 18.4. The Morgan fingerprint density at radius 1 is 1.21 bits per heavy atom. The van der Waals surface area contributed by atoms with Crippen molar-refractivity contribution in [2.45, 2.75) is 70.9 Å². The molecule has 4 heteroatoms. The van der Waals surface area contributed by atoms with E-state index in [9.17, 15) is 9.90 Å². The van der Waals surface area contributed by atoms with Gasteiger partial charge in [-0.3, -0.25) is 4.79 Å². The molecule has 0 aliphatic heterocycles. The predicted molar refractivity (Wildman–Crippen MR) is 103 cm³/mol. The number of hydrogen-bond acceptors (Lipinski definition) is 3. The standard InChI is InChI=1S/C20H32O3Si/c1-16(23-24(5,6)20(2,3)4)14-19(22)15-18(21)13-12-17-10-8-7-9-11-17/h7-13,16,18,21H,14-15H2,1-6H3/b13-12+/t16-,18-/m0/s1. The van der Waals surface area contributed by atoms with Crippen molar-refractivity contribution in [3.05, 3.63) is 42.0 Å². The highest BCUT2D eigenvalue weighted by Crippen LogP contribution is 2.37. The second kappa shape index (κ2) is 8.74. The van der Waals surface area contributed by atoms with Gasteiger partial charge in [0.25, 0.3) is 0 Å². The number of benzene rings is 1. The number of ketones is 1. The van der Waals surface area contributed by atoms with E-state index in [4.69, 9.17) is 4.43 Å². The summed E-state index contributed by atoms with van der Waals surface area (Å²) in [5.74, 6) is 0.0337. The Labute approximate surface area is 147 Å². The third-order valence-electron chi connectivity index (χ3n) is 4.56. The van der Waals surface area contributed by atoms with Crippen molar-refractivity contribution in [3.63, 3.8) is 0 Å². The van der Waals surface area contributed by atoms with E-state index >= 15 is 0 Å². The molecule has 1 aromatic rings. The molecule has 0 saturated carbocycles. The van der Waals surface area contributed by atoms with Gasteiger partial charge in [-0.25, -0.2) is 0 Å². The zero-order valence-electron chi connectivity index (χ0n) is 15.9. The lowest BCUT2D eigenvalue weighted by Crippen LogP contribution is -2.43. The van der Waals surface area contributed by atoms with Crippen LogP contribution in [0, 0.1) is 0 Å². The lowest BCUT2D eigenvalue weighted by molar-refractivity contribution is -0.121. The van der Waals surface area contributed by atoms with Crippen LogP contribution < -0.4 is 0 Å². The Bertz CT molecular complexity index is 544. The van der Waals surface area contributed by atoms with E-state index in [1.165, 1.54) is 0 Å². The van der Waals surface area contributed by atoms with Crippen LogP contribution in [0.2, 0.25) is 18.1 Å². The molecule has 0 unspecified atom stereocenters. The largest absolute Gasteiger partial charge is 0.414 e. The number of aliphatic hydroxyl groups is 1. The first-order chi connectivity index (χ1) is 11.0. The summed E-state index contributed by atoms with van der Waals surface area (Å²) in [7, 11) is -1.86. The number of carbonyl (C=O) groups excluding carboxylic acids is 1. The average Bonchev–Trinajstić information content (AvgIpc) is 2.44. The maximum atomic E-state index is 12.2. The molecule has 0 spiro atoms. The highest BCUT2D eigenvalue weighted by atomic mass is 28.4. The van der Waals surface area contributed by atoms with Crippen LogP contribution in [0.4, 0.5) is 0 Å². The average molecular weight is 349 g/mol. The van der Waals surface area contributed by atoms with Crippen LogP contribution in [0.3, 0.4) is 0 Å². The fraction of sp³-hybridized carbons (Fsp3) is 0.550. The van der Waals surface area contributed by atoms with Gasteiger partial charge in [0.05, 0.1) is 6.10 Å². The summed E-state index contributed by atoms with van der Waals surface area (Å²) in [6, 6.07) is 9.75. The summed E-state index contributed by atoms with van der Waals surface area (Å²) in [6.45, 7) is 12.9. The predicted octanol–water partition coefficient (Wildman–Crippen LogP) is 4.82. The van der Waals surface area contributed by atoms with Crippen LogP contribution in [-0.2, 0) is 9.22 Å². The maximum Gasteiger partial charge on any atom is 0.192 e. The SMILES string of the molecule is C[C@@H](CC(=O)C[C@@H](O)/C=C/c1ccccc1)O[Si](C)(C)C(C)(C)C. The van der Waals surface area contributed by atoms with Crippen molar-refractivity contribution in [1.29, 1.82) is 0 Å². The van der Waals surface area contributed by atoms with Gasteiger partial charge in [-0.15, -0.1) is 0 Å². The number of Topliss-reactive ketones (excluding diaryl/α,β-unsaturated/α-hetero) is 1. The summed E-state index contributed by atoms with van der Waals surface area (Å²) < 4.78 is 6.20. The quantitative estimate of drug-likeness (QED) is 0.685. The van der Waals surface area contributed by atoms with E-state index in [2.05, 4.69) is 33.9 Å². The van der Waals surface area contributed by atoms with E-state index in [-0.39, 0.29) is 23.3 Å². The minimum atomic E-state index is -1.86.